The first-order valence-corrected chi connectivity index (χ1v) is 18.3. The fourth-order valence-electron chi connectivity index (χ4n) is 6.63. The first-order valence-electron chi connectivity index (χ1n) is 18.3. The zero-order chi connectivity index (χ0) is 37.7. The number of methoxy groups -OCH3 is 1. The summed E-state index contributed by atoms with van der Waals surface area (Å²) in [4.78, 5) is 32.1. The third kappa shape index (κ3) is 10.8. The van der Waals surface area contributed by atoms with Crippen molar-refractivity contribution < 1.29 is 28.9 Å². The third-order valence-corrected chi connectivity index (χ3v) is 9.55. The van der Waals surface area contributed by atoms with Gasteiger partial charge in [-0.25, -0.2) is 9.59 Å². The van der Waals surface area contributed by atoms with Crippen LogP contribution in [-0.4, -0.2) is 66.4 Å². The lowest BCUT2D eigenvalue weighted by Gasteiger charge is -2.38. The number of rotatable bonds is 15. The van der Waals surface area contributed by atoms with Crippen molar-refractivity contribution in [2.75, 3.05) is 27.2 Å². The van der Waals surface area contributed by atoms with E-state index in [9.17, 15) is 14.7 Å². The van der Waals surface area contributed by atoms with Gasteiger partial charge in [-0.3, -0.25) is 4.98 Å². The Bertz CT molecular complexity index is 1940. The minimum absolute atomic E-state index is 0.0108. The van der Waals surface area contributed by atoms with Crippen LogP contribution in [0, 0.1) is 0 Å². The molecule has 0 aliphatic carbocycles. The molecule has 0 spiro atoms. The highest BCUT2D eigenvalue weighted by atomic mass is 16.7. The molecule has 2 heterocycles. The van der Waals surface area contributed by atoms with E-state index in [4.69, 9.17) is 14.2 Å². The van der Waals surface area contributed by atoms with Crippen LogP contribution in [0.1, 0.15) is 52.3 Å². The van der Waals surface area contributed by atoms with Crippen LogP contribution in [0.15, 0.2) is 128 Å². The smallest absolute Gasteiger partial charge is 0.328 e. The maximum atomic E-state index is 12.9. The Morgan fingerprint density at radius 1 is 0.852 bits per heavy atom. The highest BCUT2D eigenvalue weighted by Crippen LogP contribution is 2.39. The Morgan fingerprint density at radius 2 is 1.59 bits per heavy atom. The van der Waals surface area contributed by atoms with Crippen LogP contribution in [0.25, 0.3) is 11.1 Å². The molecule has 4 aromatic carbocycles. The number of nitrogens with one attached hydrogen (secondary N) is 2. The average molecular weight is 729 g/mol. The number of pyridine rings is 1. The summed E-state index contributed by atoms with van der Waals surface area (Å²) in [5.41, 5.74) is 7.63. The van der Waals surface area contributed by atoms with E-state index >= 15 is 0 Å². The van der Waals surface area contributed by atoms with Crippen molar-refractivity contribution in [1.29, 1.82) is 0 Å². The van der Waals surface area contributed by atoms with Crippen molar-refractivity contribution in [3.63, 3.8) is 0 Å². The largest absolute Gasteiger partial charge is 0.467 e. The van der Waals surface area contributed by atoms with Gasteiger partial charge in [0.25, 0.3) is 0 Å². The second-order valence-corrected chi connectivity index (χ2v) is 13.6. The molecule has 4 atom stereocenters. The SMILES string of the molecule is COC(=O)[C@H](Cc1ccccc1)NC(=O)NCc1cccc(-c2cccc([C@H]3O[C@@H](CN(C)CCc4ccccn4)C[C@@H](c4ccc(CO)cc4)O3)c2)c1. The standard InChI is InChI=1S/C44H48N4O6/c1-48(23-21-38-16-6-7-22-45-38)29-39-27-41(34-19-17-32(30-49)18-20-34)54-43(53-39)37-15-9-14-36(26-37)35-13-8-12-33(24-35)28-46-44(51)47-40(42(50)52-2)25-31-10-4-3-5-11-31/h3-20,22,24,26,39-41,43,49H,21,23,25,27-30H2,1-2H3,(H2,46,47,51)/t39-,40+,41+,43+/m1/s1. The number of aromatic nitrogens is 1. The van der Waals surface area contributed by atoms with Crippen LogP contribution in [-0.2, 0) is 45.0 Å². The number of ether oxygens (including phenoxy) is 3. The van der Waals surface area contributed by atoms with Gasteiger partial charge in [0.1, 0.15) is 6.04 Å². The van der Waals surface area contributed by atoms with E-state index < -0.39 is 24.3 Å². The van der Waals surface area contributed by atoms with Gasteiger partial charge in [-0.15, -0.1) is 0 Å². The molecule has 0 unspecified atom stereocenters. The Labute approximate surface area is 317 Å². The molecule has 1 aliphatic heterocycles. The first kappa shape index (κ1) is 38.3. The van der Waals surface area contributed by atoms with Crippen LogP contribution >= 0.6 is 0 Å². The van der Waals surface area contributed by atoms with Gasteiger partial charge in [-0.1, -0.05) is 97.1 Å². The van der Waals surface area contributed by atoms with Gasteiger partial charge in [-0.2, -0.15) is 0 Å². The molecule has 1 aromatic heterocycles. The van der Waals surface area contributed by atoms with Crippen LogP contribution in [0.5, 0.6) is 0 Å². The molecule has 3 N–H and O–H groups in total. The van der Waals surface area contributed by atoms with Crippen molar-refractivity contribution in [2.24, 2.45) is 0 Å². The molecule has 10 heteroatoms. The monoisotopic (exact) mass is 728 g/mol. The van der Waals surface area contributed by atoms with Gasteiger partial charge in [0, 0.05) is 56.4 Å². The molecule has 5 aromatic rings. The topological polar surface area (TPSA) is 122 Å². The van der Waals surface area contributed by atoms with Crippen LogP contribution in [0.2, 0.25) is 0 Å². The summed E-state index contributed by atoms with van der Waals surface area (Å²) in [5, 5.41) is 15.2. The number of urea groups is 1. The molecule has 1 aliphatic rings. The molecule has 6 rings (SSSR count). The number of nitrogens with zero attached hydrogens (tertiary/aromatic N) is 2. The predicted octanol–water partition coefficient (Wildman–Crippen LogP) is 6.54. The molecule has 0 bridgehead atoms. The number of likely N-dealkylation sites (N-methyl/N-ethyl adjacent to an activating group) is 1. The minimum atomic E-state index is -0.818. The number of hydrogen-bond donors (Lipinski definition) is 3. The summed E-state index contributed by atoms with van der Waals surface area (Å²) in [5.74, 6) is -0.508. The van der Waals surface area contributed by atoms with E-state index in [1.807, 2.05) is 121 Å². The number of benzene rings is 4. The second kappa shape index (κ2) is 19.1. The lowest BCUT2D eigenvalue weighted by Crippen LogP contribution is -2.47. The second-order valence-electron chi connectivity index (χ2n) is 13.6. The number of aliphatic hydroxyl groups excluding tert-OH is 1. The molecule has 1 saturated heterocycles. The molecule has 0 saturated carbocycles. The highest BCUT2D eigenvalue weighted by molar-refractivity contribution is 5.83. The summed E-state index contributed by atoms with van der Waals surface area (Å²) < 4.78 is 18.2. The van der Waals surface area contributed by atoms with Crippen molar-refractivity contribution in [1.82, 2.24) is 20.5 Å². The van der Waals surface area contributed by atoms with Crippen molar-refractivity contribution in [3.05, 3.63) is 161 Å². The number of hydrogen-bond acceptors (Lipinski definition) is 8. The molecular weight excluding hydrogens is 681 g/mol. The first-order chi connectivity index (χ1) is 26.4. The number of amides is 2. The fraction of sp³-hybridized carbons (Fsp3) is 0.295. The Balaban J connectivity index is 1.13. The summed E-state index contributed by atoms with van der Waals surface area (Å²) in [6, 6.07) is 38.3. The van der Waals surface area contributed by atoms with E-state index in [1.165, 1.54) is 7.11 Å². The highest BCUT2D eigenvalue weighted by Gasteiger charge is 2.33. The lowest BCUT2D eigenvalue weighted by atomic mass is 9.98. The summed E-state index contributed by atoms with van der Waals surface area (Å²) >= 11 is 0. The molecule has 280 valence electrons. The van der Waals surface area contributed by atoms with E-state index in [0.29, 0.717) is 12.8 Å². The molecule has 2 amide bonds. The van der Waals surface area contributed by atoms with Gasteiger partial charge in [-0.05, 0) is 64.7 Å². The number of aliphatic hydroxyl groups is 1. The zero-order valence-corrected chi connectivity index (χ0v) is 30.8. The lowest BCUT2D eigenvalue weighted by molar-refractivity contribution is -0.252. The molecule has 1 fully saturated rings. The molecule has 54 heavy (non-hydrogen) atoms. The fourth-order valence-corrected chi connectivity index (χ4v) is 6.63. The molecule has 0 radical (unpaired) electrons. The zero-order valence-electron chi connectivity index (χ0n) is 30.8. The maximum Gasteiger partial charge on any atom is 0.328 e. The third-order valence-electron chi connectivity index (χ3n) is 9.55. The summed E-state index contributed by atoms with van der Waals surface area (Å²) in [6.07, 6.45) is 2.81. The Kier molecular flexibility index (Phi) is 13.6. The Morgan fingerprint density at radius 3 is 2.33 bits per heavy atom. The summed E-state index contributed by atoms with van der Waals surface area (Å²) in [7, 11) is 3.42. The number of carbonyl (C=O) groups is 2. The maximum absolute atomic E-state index is 12.9. The minimum Gasteiger partial charge on any atom is -0.467 e. The molecular formula is C44H48N4O6. The normalized spacial score (nSPS) is 17.4. The van der Waals surface area contributed by atoms with Crippen LogP contribution in [0.4, 0.5) is 4.79 Å². The van der Waals surface area contributed by atoms with Gasteiger partial charge in [0.2, 0.25) is 0 Å². The van der Waals surface area contributed by atoms with E-state index in [0.717, 1.165) is 64.1 Å². The van der Waals surface area contributed by atoms with E-state index in [-0.39, 0.29) is 25.4 Å². The van der Waals surface area contributed by atoms with Crippen LogP contribution in [0.3, 0.4) is 0 Å². The van der Waals surface area contributed by atoms with Gasteiger partial charge >= 0.3 is 12.0 Å². The summed E-state index contributed by atoms with van der Waals surface area (Å²) in [6.45, 7) is 1.83. The molecule has 10 nitrogen and oxygen atoms in total. The van der Waals surface area contributed by atoms with Gasteiger partial charge in [0.05, 0.1) is 25.9 Å². The van der Waals surface area contributed by atoms with Gasteiger partial charge < -0.3 is 34.9 Å². The van der Waals surface area contributed by atoms with Crippen molar-refractivity contribution in [3.8, 4) is 11.1 Å². The van der Waals surface area contributed by atoms with E-state index in [2.05, 4.69) is 33.6 Å². The van der Waals surface area contributed by atoms with E-state index in [1.54, 1.807) is 0 Å². The van der Waals surface area contributed by atoms with Gasteiger partial charge in [0.15, 0.2) is 6.29 Å². The number of carbonyl (C=O) groups excluding carboxylic acids is 2. The Hall–Kier alpha value is -5.39. The number of esters is 1. The van der Waals surface area contributed by atoms with Crippen molar-refractivity contribution in [2.45, 2.75) is 57.0 Å². The average Bonchev–Trinajstić information content (AvgIpc) is 3.22. The van der Waals surface area contributed by atoms with Crippen LogP contribution < -0.4 is 10.6 Å². The predicted molar refractivity (Wildman–Crippen MR) is 207 cm³/mol. The van der Waals surface area contributed by atoms with Crippen molar-refractivity contribution >= 4 is 12.0 Å². The quantitative estimate of drug-likeness (QED) is 0.104.